The molecule has 3 rings (SSSR count). The first-order chi connectivity index (χ1) is 15.6. The summed E-state index contributed by atoms with van der Waals surface area (Å²) in [5, 5.41) is 3.52. The van der Waals surface area contributed by atoms with E-state index in [-0.39, 0.29) is 24.0 Å². The number of ether oxygens (including phenoxy) is 3. The molecular formula is C25H37IN4O3. The average Bonchev–Trinajstić information content (AvgIpc) is 2.82. The van der Waals surface area contributed by atoms with Crippen molar-refractivity contribution < 1.29 is 14.2 Å². The molecule has 1 aliphatic rings. The lowest BCUT2D eigenvalue weighted by atomic mass is 10.1. The third-order valence-electron chi connectivity index (χ3n) is 5.79. The molecule has 0 atom stereocenters. The summed E-state index contributed by atoms with van der Waals surface area (Å²) < 4.78 is 16.4. The van der Waals surface area contributed by atoms with Crippen molar-refractivity contribution in [3.63, 3.8) is 0 Å². The van der Waals surface area contributed by atoms with Crippen molar-refractivity contribution in [3.8, 4) is 17.2 Å². The van der Waals surface area contributed by atoms with Crippen molar-refractivity contribution in [1.82, 2.24) is 15.1 Å². The van der Waals surface area contributed by atoms with Gasteiger partial charge >= 0.3 is 0 Å². The molecule has 1 saturated heterocycles. The highest BCUT2D eigenvalue weighted by Gasteiger charge is 2.21. The first-order valence-corrected chi connectivity index (χ1v) is 11.1. The standard InChI is InChI=1S/C25H36N4O3.HI/c1-19-7-6-8-20(15-19)9-10-27-25(26-2)29-13-11-28(12-14-29)18-21-16-22(30-3)24(32-5)23(17-21)31-4;/h6-8,15-17H,9-14,18H2,1-5H3,(H,26,27);1H. The van der Waals surface area contributed by atoms with E-state index in [9.17, 15) is 0 Å². The van der Waals surface area contributed by atoms with E-state index in [1.54, 1.807) is 21.3 Å². The van der Waals surface area contributed by atoms with Gasteiger partial charge in [0.15, 0.2) is 17.5 Å². The number of aliphatic imine (C=N–C) groups is 1. The second-order valence-electron chi connectivity index (χ2n) is 8.01. The number of hydrogen-bond donors (Lipinski definition) is 1. The van der Waals surface area contributed by atoms with Crippen LogP contribution in [0.1, 0.15) is 16.7 Å². The molecule has 0 aromatic heterocycles. The van der Waals surface area contributed by atoms with E-state index < -0.39 is 0 Å². The summed E-state index contributed by atoms with van der Waals surface area (Å²) in [7, 11) is 6.78. The number of guanidine groups is 1. The maximum absolute atomic E-state index is 5.49. The summed E-state index contributed by atoms with van der Waals surface area (Å²) in [4.78, 5) is 9.28. The Labute approximate surface area is 215 Å². The summed E-state index contributed by atoms with van der Waals surface area (Å²) in [5.41, 5.74) is 3.80. The smallest absolute Gasteiger partial charge is 0.203 e. The molecule has 0 unspecified atom stereocenters. The predicted octanol–water partition coefficient (Wildman–Crippen LogP) is 3.57. The quantitative estimate of drug-likeness (QED) is 0.299. The highest BCUT2D eigenvalue weighted by molar-refractivity contribution is 14.0. The predicted molar refractivity (Wildman–Crippen MR) is 145 cm³/mol. The maximum atomic E-state index is 5.49. The van der Waals surface area contributed by atoms with E-state index in [2.05, 4.69) is 51.3 Å². The Hall–Kier alpha value is -2.20. The van der Waals surface area contributed by atoms with Crippen molar-refractivity contribution in [2.24, 2.45) is 4.99 Å². The number of methoxy groups -OCH3 is 3. The van der Waals surface area contributed by atoms with Crippen LogP contribution in [0.2, 0.25) is 0 Å². The Morgan fingerprint density at radius 1 is 0.939 bits per heavy atom. The molecule has 0 aliphatic carbocycles. The molecule has 8 heteroatoms. The minimum absolute atomic E-state index is 0. The van der Waals surface area contributed by atoms with E-state index in [0.29, 0.717) is 17.2 Å². The minimum atomic E-state index is 0. The molecule has 0 radical (unpaired) electrons. The van der Waals surface area contributed by atoms with Gasteiger partial charge in [-0.05, 0) is 36.6 Å². The van der Waals surface area contributed by atoms with E-state index in [1.165, 1.54) is 11.1 Å². The zero-order chi connectivity index (χ0) is 22.9. The summed E-state index contributed by atoms with van der Waals surface area (Å²) in [6, 6.07) is 12.7. The topological polar surface area (TPSA) is 58.6 Å². The molecule has 0 saturated carbocycles. The van der Waals surface area contributed by atoms with E-state index >= 15 is 0 Å². The van der Waals surface area contributed by atoms with Crippen LogP contribution in [0.3, 0.4) is 0 Å². The van der Waals surface area contributed by atoms with Crippen LogP contribution >= 0.6 is 24.0 Å². The van der Waals surface area contributed by atoms with Gasteiger partial charge in [0.25, 0.3) is 0 Å². The van der Waals surface area contributed by atoms with Gasteiger partial charge in [-0.3, -0.25) is 9.89 Å². The number of nitrogens with zero attached hydrogens (tertiary/aromatic N) is 3. The summed E-state index contributed by atoms with van der Waals surface area (Å²) in [6.45, 7) is 7.66. The number of nitrogens with one attached hydrogen (secondary N) is 1. The van der Waals surface area contributed by atoms with Gasteiger partial charge in [-0.15, -0.1) is 24.0 Å². The lowest BCUT2D eigenvalue weighted by molar-refractivity contribution is 0.172. The molecule has 1 heterocycles. The first kappa shape index (κ1) is 27.0. The second kappa shape index (κ2) is 13.5. The van der Waals surface area contributed by atoms with Crippen LogP contribution in [-0.2, 0) is 13.0 Å². The Bertz CT molecular complexity index is 889. The van der Waals surface area contributed by atoms with Crippen LogP contribution in [0.4, 0.5) is 0 Å². The summed E-state index contributed by atoms with van der Waals surface area (Å²) in [6.07, 6.45) is 0.988. The highest BCUT2D eigenvalue weighted by Crippen LogP contribution is 2.38. The molecule has 33 heavy (non-hydrogen) atoms. The molecular weight excluding hydrogens is 531 g/mol. The van der Waals surface area contributed by atoms with Gasteiger partial charge in [-0.2, -0.15) is 0 Å². The fraction of sp³-hybridized carbons (Fsp3) is 0.480. The van der Waals surface area contributed by atoms with Gasteiger partial charge in [0, 0.05) is 46.3 Å². The van der Waals surface area contributed by atoms with Crippen LogP contribution < -0.4 is 19.5 Å². The molecule has 0 spiro atoms. The molecule has 2 aromatic rings. The van der Waals surface area contributed by atoms with Gasteiger partial charge in [0.1, 0.15) is 0 Å². The van der Waals surface area contributed by atoms with Crippen LogP contribution in [0, 0.1) is 6.92 Å². The normalized spacial score (nSPS) is 14.5. The largest absolute Gasteiger partial charge is 0.493 e. The molecule has 2 aromatic carbocycles. The lowest BCUT2D eigenvalue weighted by Gasteiger charge is -2.36. The Morgan fingerprint density at radius 3 is 2.15 bits per heavy atom. The molecule has 1 fully saturated rings. The molecule has 0 amide bonds. The molecule has 182 valence electrons. The van der Waals surface area contributed by atoms with E-state index in [4.69, 9.17) is 14.2 Å². The SMILES string of the molecule is CN=C(NCCc1cccc(C)c1)N1CCN(Cc2cc(OC)c(OC)c(OC)c2)CC1.I. The summed E-state index contributed by atoms with van der Waals surface area (Å²) in [5.74, 6) is 2.99. The van der Waals surface area contributed by atoms with Gasteiger partial charge in [-0.25, -0.2) is 0 Å². The maximum Gasteiger partial charge on any atom is 0.203 e. The van der Waals surface area contributed by atoms with Crippen LogP contribution in [0.5, 0.6) is 17.2 Å². The van der Waals surface area contributed by atoms with Crippen molar-refractivity contribution in [3.05, 3.63) is 53.1 Å². The zero-order valence-electron chi connectivity index (χ0n) is 20.4. The number of halogens is 1. The van der Waals surface area contributed by atoms with Crippen molar-refractivity contribution in [1.29, 1.82) is 0 Å². The van der Waals surface area contributed by atoms with Crippen LogP contribution in [0.25, 0.3) is 0 Å². The summed E-state index contributed by atoms with van der Waals surface area (Å²) >= 11 is 0. The third-order valence-corrected chi connectivity index (χ3v) is 5.79. The van der Waals surface area contributed by atoms with Gasteiger partial charge < -0.3 is 24.4 Å². The fourth-order valence-electron chi connectivity index (χ4n) is 4.12. The number of hydrogen-bond acceptors (Lipinski definition) is 5. The van der Waals surface area contributed by atoms with Gasteiger partial charge in [0.05, 0.1) is 21.3 Å². The molecule has 0 bridgehead atoms. The number of benzene rings is 2. The lowest BCUT2D eigenvalue weighted by Crippen LogP contribution is -2.52. The number of rotatable bonds is 8. The van der Waals surface area contributed by atoms with Crippen LogP contribution in [-0.4, -0.2) is 76.9 Å². The highest BCUT2D eigenvalue weighted by atomic mass is 127. The zero-order valence-corrected chi connectivity index (χ0v) is 22.7. The van der Waals surface area contributed by atoms with E-state index in [0.717, 1.165) is 57.2 Å². The Kier molecular flexibility index (Phi) is 11.1. The van der Waals surface area contributed by atoms with Crippen LogP contribution in [0.15, 0.2) is 41.4 Å². The number of piperazine rings is 1. The molecule has 1 aliphatic heterocycles. The third kappa shape index (κ3) is 7.40. The van der Waals surface area contributed by atoms with Gasteiger partial charge in [-0.1, -0.05) is 29.8 Å². The van der Waals surface area contributed by atoms with Crippen molar-refractivity contribution in [2.45, 2.75) is 19.9 Å². The first-order valence-electron chi connectivity index (χ1n) is 11.1. The van der Waals surface area contributed by atoms with Gasteiger partial charge in [0.2, 0.25) is 5.75 Å². The molecule has 7 nitrogen and oxygen atoms in total. The van der Waals surface area contributed by atoms with Crippen molar-refractivity contribution >= 4 is 29.9 Å². The average molecular weight is 569 g/mol. The minimum Gasteiger partial charge on any atom is -0.493 e. The van der Waals surface area contributed by atoms with Crippen molar-refractivity contribution in [2.75, 3.05) is 61.1 Å². The Morgan fingerprint density at radius 2 is 1.61 bits per heavy atom. The molecule has 1 N–H and O–H groups in total. The fourth-order valence-corrected chi connectivity index (χ4v) is 4.12. The monoisotopic (exact) mass is 568 g/mol. The second-order valence-corrected chi connectivity index (χ2v) is 8.01. The Balaban J connectivity index is 0.00000385. The van der Waals surface area contributed by atoms with E-state index in [1.807, 2.05) is 19.2 Å². The number of aryl methyl sites for hydroxylation is 1.